The molecule has 4 heteroatoms. The Morgan fingerprint density at radius 1 is 1.43 bits per heavy atom. The van der Waals surface area contributed by atoms with Gasteiger partial charge in [-0.15, -0.1) is 0 Å². The smallest absolute Gasteiger partial charge is 0.125 e. The third-order valence-corrected chi connectivity index (χ3v) is 4.71. The van der Waals surface area contributed by atoms with E-state index >= 15 is 0 Å². The lowest BCUT2D eigenvalue weighted by atomic mass is 9.96. The minimum absolute atomic E-state index is 0.279. The number of likely N-dealkylation sites (N-methyl/N-ethyl adjacent to an activating group) is 1. The van der Waals surface area contributed by atoms with Crippen molar-refractivity contribution in [2.24, 2.45) is 5.92 Å². The number of benzene rings is 1. The van der Waals surface area contributed by atoms with E-state index < -0.39 is 0 Å². The molecule has 2 atom stereocenters. The first-order valence-corrected chi connectivity index (χ1v) is 8.31. The molecule has 0 amide bonds. The fraction of sp³-hybridized carbons (Fsp3) is 0.647. The van der Waals surface area contributed by atoms with Crippen LogP contribution in [0.3, 0.4) is 0 Å². The van der Waals surface area contributed by atoms with Gasteiger partial charge < -0.3 is 14.8 Å². The standard InChI is InChI=1S/C17H24ClNO2/c1-3-19-15(17(20-2)11-4-5-11)10-13-9-14(18)8-12-6-7-21-16(12)13/h8-9,11,15,17,19H,3-7,10H2,1-2H3. The quantitative estimate of drug-likeness (QED) is 0.839. The average Bonchev–Trinajstić information content (AvgIpc) is 3.17. The Bertz CT molecular complexity index is 502. The summed E-state index contributed by atoms with van der Waals surface area (Å²) < 4.78 is 11.6. The molecule has 1 aromatic rings. The molecule has 0 bridgehead atoms. The van der Waals surface area contributed by atoms with Gasteiger partial charge in [-0.3, -0.25) is 0 Å². The minimum Gasteiger partial charge on any atom is -0.493 e. The third kappa shape index (κ3) is 3.36. The van der Waals surface area contributed by atoms with Crippen molar-refractivity contribution in [1.29, 1.82) is 0 Å². The zero-order valence-electron chi connectivity index (χ0n) is 12.8. The zero-order valence-corrected chi connectivity index (χ0v) is 13.6. The Hall–Kier alpha value is -0.770. The number of hydrogen-bond acceptors (Lipinski definition) is 3. The van der Waals surface area contributed by atoms with Crippen LogP contribution in [0.1, 0.15) is 30.9 Å². The molecule has 1 saturated carbocycles. The molecule has 1 aliphatic carbocycles. The Labute approximate surface area is 132 Å². The summed E-state index contributed by atoms with van der Waals surface area (Å²) in [7, 11) is 1.83. The van der Waals surface area contributed by atoms with Crippen LogP contribution in [0.4, 0.5) is 0 Å². The van der Waals surface area contributed by atoms with Gasteiger partial charge in [0, 0.05) is 24.6 Å². The highest BCUT2D eigenvalue weighted by atomic mass is 35.5. The summed E-state index contributed by atoms with van der Waals surface area (Å²) in [5.41, 5.74) is 2.46. The number of ether oxygens (including phenoxy) is 2. The minimum atomic E-state index is 0.279. The predicted octanol–water partition coefficient (Wildman–Crippen LogP) is 3.22. The Morgan fingerprint density at radius 2 is 2.24 bits per heavy atom. The molecule has 21 heavy (non-hydrogen) atoms. The summed E-state index contributed by atoms with van der Waals surface area (Å²) in [6.45, 7) is 3.86. The number of hydrogen-bond donors (Lipinski definition) is 1. The first-order valence-electron chi connectivity index (χ1n) is 7.93. The second kappa shape index (κ2) is 6.55. The highest BCUT2D eigenvalue weighted by Crippen LogP contribution is 2.38. The summed E-state index contributed by atoms with van der Waals surface area (Å²) in [6.07, 6.45) is 4.72. The molecule has 116 valence electrons. The molecule has 0 radical (unpaired) electrons. The van der Waals surface area contributed by atoms with Gasteiger partial charge >= 0.3 is 0 Å². The predicted molar refractivity (Wildman–Crippen MR) is 85.3 cm³/mol. The maximum atomic E-state index is 6.27. The van der Waals surface area contributed by atoms with E-state index in [1.54, 1.807) is 0 Å². The van der Waals surface area contributed by atoms with Crippen LogP contribution >= 0.6 is 11.6 Å². The Morgan fingerprint density at radius 3 is 2.90 bits per heavy atom. The van der Waals surface area contributed by atoms with Crippen LogP contribution in [0, 0.1) is 5.92 Å². The first kappa shape index (κ1) is 15.1. The SMILES string of the molecule is CCNC(Cc1cc(Cl)cc2c1OCC2)C(OC)C1CC1. The fourth-order valence-corrected chi connectivity index (χ4v) is 3.67. The van der Waals surface area contributed by atoms with E-state index in [1.165, 1.54) is 24.0 Å². The molecule has 3 rings (SSSR count). The summed E-state index contributed by atoms with van der Waals surface area (Å²) in [5, 5.41) is 4.40. The number of fused-ring (bicyclic) bond motifs is 1. The molecular formula is C17H24ClNO2. The molecule has 1 N–H and O–H groups in total. The van der Waals surface area contributed by atoms with Gasteiger partial charge in [-0.2, -0.15) is 0 Å². The molecule has 0 spiro atoms. The van der Waals surface area contributed by atoms with E-state index in [0.717, 1.165) is 36.8 Å². The van der Waals surface area contributed by atoms with Crippen molar-refractivity contribution in [2.45, 2.75) is 44.8 Å². The van der Waals surface area contributed by atoms with Crippen molar-refractivity contribution in [2.75, 3.05) is 20.3 Å². The first-order chi connectivity index (χ1) is 10.2. The van der Waals surface area contributed by atoms with Crippen molar-refractivity contribution < 1.29 is 9.47 Å². The molecule has 1 fully saturated rings. The Kier molecular flexibility index (Phi) is 4.72. The third-order valence-electron chi connectivity index (χ3n) is 4.49. The van der Waals surface area contributed by atoms with Crippen LogP contribution in [0.15, 0.2) is 12.1 Å². The molecule has 0 aromatic heterocycles. The molecule has 1 aromatic carbocycles. The van der Waals surface area contributed by atoms with Gasteiger partial charge in [-0.1, -0.05) is 18.5 Å². The number of methoxy groups -OCH3 is 1. The maximum absolute atomic E-state index is 6.27. The topological polar surface area (TPSA) is 30.5 Å². The molecule has 3 nitrogen and oxygen atoms in total. The van der Waals surface area contributed by atoms with Crippen molar-refractivity contribution in [3.8, 4) is 5.75 Å². The number of halogens is 1. The largest absolute Gasteiger partial charge is 0.493 e. The van der Waals surface area contributed by atoms with Gasteiger partial charge in [0.25, 0.3) is 0 Å². The summed E-state index contributed by atoms with van der Waals surface area (Å²) in [4.78, 5) is 0. The lowest BCUT2D eigenvalue weighted by Gasteiger charge is -2.27. The van der Waals surface area contributed by atoms with Crippen LogP contribution < -0.4 is 10.1 Å². The maximum Gasteiger partial charge on any atom is 0.125 e. The summed E-state index contributed by atoms with van der Waals surface area (Å²) in [5.74, 6) is 1.75. The van der Waals surface area contributed by atoms with Crippen molar-refractivity contribution >= 4 is 11.6 Å². The van der Waals surface area contributed by atoms with E-state index in [9.17, 15) is 0 Å². The molecule has 2 unspecified atom stereocenters. The van der Waals surface area contributed by atoms with Crippen LogP contribution in [0.2, 0.25) is 5.02 Å². The summed E-state index contributed by atoms with van der Waals surface area (Å²) in [6, 6.07) is 4.40. The van der Waals surface area contributed by atoms with E-state index in [0.29, 0.717) is 12.0 Å². The van der Waals surface area contributed by atoms with Crippen molar-refractivity contribution in [3.63, 3.8) is 0 Å². The molecule has 2 aliphatic rings. The molecule has 1 heterocycles. The van der Waals surface area contributed by atoms with E-state index in [1.807, 2.05) is 13.2 Å². The van der Waals surface area contributed by atoms with Gasteiger partial charge in [0.2, 0.25) is 0 Å². The molecule has 0 saturated heterocycles. The van der Waals surface area contributed by atoms with Crippen LogP contribution in [-0.4, -0.2) is 32.4 Å². The van der Waals surface area contributed by atoms with E-state index in [4.69, 9.17) is 21.1 Å². The highest BCUT2D eigenvalue weighted by Gasteiger charge is 2.37. The van der Waals surface area contributed by atoms with Gasteiger partial charge in [-0.25, -0.2) is 0 Å². The normalized spacial score (nSPS) is 20.0. The van der Waals surface area contributed by atoms with Gasteiger partial charge in [0.1, 0.15) is 5.75 Å². The molecule has 1 aliphatic heterocycles. The zero-order chi connectivity index (χ0) is 14.8. The highest BCUT2D eigenvalue weighted by molar-refractivity contribution is 6.30. The van der Waals surface area contributed by atoms with Gasteiger partial charge in [-0.05, 0) is 55.0 Å². The fourth-order valence-electron chi connectivity index (χ4n) is 3.41. The second-order valence-electron chi connectivity index (χ2n) is 6.06. The summed E-state index contributed by atoms with van der Waals surface area (Å²) >= 11 is 6.27. The lowest BCUT2D eigenvalue weighted by Crippen LogP contribution is -2.43. The van der Waals surface area contributed by atoms with Crippen LogP contribution in [0.25, 0.3) is 0 Å². The average molecular weight is 310 g/mol. The van der Waals surface area contributed by atoms with Crippen LogP contribution in [0.5, 0.6) is 5.75 Å². The van der Waals surface area contributed by atoms with Crippen molar-refractivity contribution in [3.05, 3.63) is 28.3 Å². The van der Waals surface area contributed by atoms with Gasteiger partial charge in [0.15, 0.2) is 0 Å². The number of nitrogens with one attached hydrogen (secondary N) is 1. The molecular weight excluding hydrogens is 286 g/mol. The Balaban J connectivity index is 1.82. The monoisotopic (exact) mass is 309 g/mol. The van der Waals surface area contributed by atoms with Crippen molar-refractivity contribution in [1.82, 2.24) is 5.32 Å². The van der Waals surface area contributed by atoms with E-state index in [-0.39, 0.29) is 6.10 Å². The second-order valence-corrected chi connectivity index (χ2v) is 6.49. The van der Waals surface area contributed by atoms with Gasteiger partial charge in [0.05, 0.1) is 12.7 Å². The number of rotatable bonds is 7. The van der Waals surface area contributed by atoms with E-state index in [2.05, 4.69) is 18.3 Å². The lowest BCUT2D eigenvalue weighted by molar-refractivity contribution is 0.0514. The van der Waals surface area contributed by atoms with Crippen LogP contribution in [-0.2, 0) is 17.6 Å².